The summed E-state index contributed by atoms with van der Waals surface area (Å²) in [5.74, 6) is -0.0116. The number of carbonyl (C=O) groups excluding carboxylic acids is 1. The fourth-order valence-corrected chi connectivity index (χ4v) is 1.69. The number of benzene rings is 1. The summed E-state index contributed by atoms with van der Waals surface area (Å²) in [6, 6.07) is 8.86. The van der Waals surface area contributed by atoms with E-state index in [1.54, 1.807) is 24.3 Å². The third-order valence-electron chi connectivity index (χ3n) is 2.05. The Morgan fingerprint density at radius 3 is 2.59 bits per heavy atom. The normalized spacial score (nSPS) is 9.94. The van der Waals surface area contributed by atoms with Crippen molar-refractivity contribution in [3.05, 3.63) is 54.1 Å². The van der Waals surface area contributed by atoms with E-state index < -0.39 is 5.97 Å². The molecule has 0 fully saturated rings. The van der Waals surface area contributed by atoms with Crippen molar-refractivity contribution in [3.63, 3.8) is 0 Å². The number of esters is 1. The summed E-state index contributed by atoms with van der Waals surface area (Å²) in [5, 5.41) is 0.458. The zero-order valence-corrected chi connectivity index (χ0v) is 10.4. The van der Waals surface area contributed by atoms with E-state index in [-0.39, 0.29) is 5.69 Å². The summed E-state index contributed by atoms with van der Waals surface area (Å²) in [6.45, 7) is 0. The summed E-state index contributed by atoms with van der Waals surface area (Å²) >= 11 is 3.25. The van der Waals surface area contributed by atoms with Crippen LogP contribution in [0.5, 0.6) is 5.75 Å². The maximum absolute atomic E-state index is 11.8. The number of ether oxygens (including phenoxy) is 1. The second-order valence-corrected chi connectivity index (χ2v) is 3.75. The fourth-order valence-electron chi connectivity index (χ4n) is 1.28. The third-order valence-corrected chi connectivity index (χ3v) is 2.58. The zero-order chi connectivity index (χ0) is 12.1. The van der Waals surface area contributed by atoms with E-state index in [0.29, 0.717) is 16.8 Å². The first-order valence-corrected chi connectivity index (χ1v) is 6.06. The van der Waals surface area contributed by atoms with Crippen LogP contribution in [0.1, 0.15) is 16.2 Å². The maximum atomic E-state index is 11.8. The zero-order valence-electron chi connectivity index (χ0n) is 8.84. The van der Waals surface area contributed by atoms with Crippen molar-refractivity contribution < 1.29 is 9.53 Å². The van der Waals surface area contributed by atoms with Gasteiger partial charge < -0.3 is 4.74 Å². The minimum Gasteiger partial charge on any atom is -0.422 e. The molecule has 0 saturated carbocycles. The second kappa shape index (κ2) is 5.54. The summed E-state index contributed by atoms with van der Waals surface area (Å²) in [5.41, 5.74) is 0.793. The lowest BCUT2D eigenvalue weighted by atomic mass is 10.3. The van der Waals surface area contributed by atoms with Gasteiger partial charge in [0.1, 0.15) is 5.75 Å². The standard InChI is InChI=1S/C12H9BrN2O2/c13-8-10-11(15-7-6-14-10)12(16)17-9-4-2-1-3-5-9/h1-7H,8H2. The number of hydrogen-bond donors (Lipinski definition) is 0. The fraction of sp³-hybridized carbons (Fsp3) is 0.0833. The molecule has 0 spiro atoms. The lowest BCUT2D eigenvalue weighted by molar-refractivity contribution is 0.0727. The van der Waals surface area contributed by atoms with Crippen LogP contribution in [-0.4, -0.2) is 15.9 Å². The number of hydrogen-bond acceptors (Lipinski definition) is 4. The number of carbonyl (C=O) groups is 1. The predicted molar refractivity (Wildman–Crippen MR) is 66.1 cm³/mol. The van der Waals surface area contributed by atoms with Crippen molar-refractivity contribution in [2.75, 3.05) is 0 Å². The van der Waals surface area contributed by atoms with E-state index >= 15 is 0 Å². The molecule has 1 heterocycles. The van der Waals surface area contributed by atoms with Crippen LogP contribution in [0.2, 0.25) is 0 Å². The first-order chi connectivity index (χ1) is 8.31. The average molecular weight is 293 g/mol. The van der Waals surface area contributed by atoms with Crippen molar-refractivity contribution in [1.82, 2.24) is 9.97 Å². The molecule has 0 atom stereocenters. The number of halogens is 1. The molecule has 0 aliphatic rings. The molecule has 0 unspecified atom stereocenters. The number of alkyl halides is 1. The molecule has 1 aromatic carbocycles. The molecule has 17 heavy (non-hydrogen) atoms. The Morgan fingerprint density at radius 2 is 1.88 bits per heavy atom. The molecule has 0 radical (unpaired) electrons. The van der Waals surface area contributed by atoms with Crippen molar-refractivity contribution in [2.24, 2.45) is 0 Å². The Labute approximate surface area is 107 Å². The van der Waals surface area contributed by atoms with E-state index in [0.717, 1.165) is 0 Å². The number of rotatable bonds is 3. The van der Waals surface area contributed by atoms with Crippen LogP contribution in [0.25, 0.3) is 0 Å². The van der Waals surface area contributed by atoms with E-state index in [1.165, 1.54) is 12.4 Å². The lowest BCUT2D eigenvalue weighted by Crippen LogP contribution is -2.13. The van der Waals surface area contributed by atoms with Crippen molar-refractivity contribution in [2.45, 2.75) is 5.33 Å². The monoisotopic (exact) mass is 292 g/mol. The van der Waals surface area contributed by atoms with E-state index in [2.05, 4.69) is 25.9 Å². The number of aromatic nitrogens is 2. The molecule has 4 nitrogen and oxygen atoms in total. The molecular formula is C12H9BrN2O2. The molecule has 2 rings (SSSR count). The summed E-state index contributed by atoms with van der Waals surface area (Å²) in [4.78, 5) is 19.9. The lowest BCUT2D eigenvalue weighted by Gasteiger charge is -2.05. The highest BCUT2D eigenvalue weighted by Crippen LogP contribution is 2.13. The second-order valence-electron chi connectivity index (χ2n) is 3.19. The summed E-state index contributed by atoms with van der Waals surface area (Å²) < 4.78 is 5.18. The predicted octanol–water partition coefficient (Wildman–Crippen LogP) is 2.59. The highest BCUT2D eigenvalue weighted by Gasteiger charge is 2.15. The molecular weight excluding hydrogens is 284 g/mol. The highest BCUT2D eigenvalue weighted by molar-refractivity contribution is 9.08. The van der Waals surface area contributed by atoms with Gasteiger partial charge in [0, 0.05) is 17.7 Å². The van der Waals surface area contributed by atoms with Gasteiger partial charge in [0.25, 0.3) is 0 Å². The Balaban J connectivity index is 2.20. The number of nitrogens with zero attached hydrogens (tertiary/aromatic N) is 2. The minimum atomic E-state index is -0.501. The Kier molecular flexibility index (Phi) is 3.82. The molecule has 0 aliphatic carbocycles. The van der Waals surface area contributed by atoms with Crippen molar-refractivity contribution in [3.8, 4) is 5.75 Å². The van der Waals surface area contributed by atoms with Gasteiger partial charge >= 0.3 is 5.97 Å². The smallest absolute Gasteiger partial charge is 0.364 e. The Bertz CT molecular complexity index is 517. The van der Waals surface area contributed by atoms with Gasteiger partial charge in [-0.05, 0) is 12.1 Å². The molecule has 2 aromatic rings. The largest absolute Gasteiger partial charge is 0.422 e. The summed E-state index contributed by atoms with van der Waals surface area (Å²) in [6.07, 6.45) is 3.00. The van der Waals surface area contributed by atoms with Gasteiger partial charge in [-0.3, -0.25) is 4.98 Å². The van der Waals surface area contributed by atoms with Crippen LogP contribution in [0.3, 0.4) is 0 Å². The van der Waals surface area contributed by atoms with Gasteiger partial charge in [-0.2, -0.15) is 0 Å². The first kappa shape index (κ1) is 11.7. The Morgan fingerprint density at radius 1 is 1.18 bits per heavy atom. The quantitative estimate of drug-likeness (QED) is 0.496. The van der Waals surface area contributed by atoms with Gasteiger partial charge in [-0.15, -0.1) is 0 Å². The van der Waals surface area contributed by atoms with Crippen molar-refractivity contribution in [1.29, 1.82) is 0 Å². The minimum absolute atomic E-state index is 0.230. The van der Waals surface area contributed by atoms with Crippen LogP contribution in [0.4, 0.5) is 0 Å². The van der Waals surface area contributed by atoms with Crippen LogP contribution in [0, 0.1) is 0 Å². The summed E-state index contributed by atoms with van der Waals surface area (Å²) in [7, 11) is 0. The highest BCUT2D eigenvalue weighted by atomic mass is 79.9. The maximum Gasteiger partial charge on any atom is 0.364 e. The van der Waals surface area contributed by atoms with Crippen LogP contribution >= 0.6 is 15.9 Å². The first-order valence-electron chi connectivity index (χ1n) is 4.94. The van der Waals surface area contributed by atoms with Gasteiger partial charge in [-0.1, -0.05) is 34.1 Å². The van der Waals surface area contributed by atoms with Crippen LogP contribution in [0.15, 0.2) is 42.7 Å². The van der Waals surface area contributed by atoms with E-state index in [9.17, 15) is 4.79 Å². The van der Waals surface area contributed by atoms with E-state index in [1.807, 2.05) is 6.07 Å². The average Bonchev–Trinajstić information content (AvgIpc) is 2.40. The Hall–Kier alpha value is -1.75. The third kappa shape index (κ3) is 2.88. The van der Waals surface area contributed by atoms with Gasteiger partial charge in [0.15, 0.2) is 5.69 Å². The molecule has 0 amide bonds. The van der Waals surface area contributed by atoms with Gasteiger partial charge in [0.2, 0.25) is 0 Å². The molecule has 0 N–H and O–H groups in total. The number of para-hydroxylation sites is 1. The van der Waals surface area contributed by atoms with Gasteiger partial charge in [0.05, 0.1) is 5.69 Å². The van der Waals surface area contributed by atoms with Crippen LogP contribution < -0.4 is 4.74 Å². The molecule has 1 aromatic heterocycles. The molecule has 5 heteroatoms. The SMILES string of the molecule is O=C(Oc1ccccc1)c1nccnc1CBr. The van der Waals surface area contributed by atoms with Crippen molar-refractivity contribution >= 4 is 21.9 Å². The topological polar surface area (TPSA) is 52.1 Å². The van der Waals surface area contributed by atoms with Crippen LogP contribution in [-0.2, 0) is 5.33 Å². The van der Waals surface area contributed by atoms with E-state index in [4.69, 9.17) is 4.74 Å². The molecule has 0 saturated heterocycles. The molecule has 0 bridgehead atoms. The molecule has 0 aliphatic heterocycles. The van der Waals surface area contributed by atoms with Gasteiger partial charge in [-0.25, -0.2) is 9.78 Å². The molecule has 86 valence electrons.